The summed E-state index contributed by atoms with van der Waals surface area (Å²) in [5.41, 5.74) is 1.18. The van der Waals surface area contributed by atoms with Gasteiger partial charge in [-0.25, -0.2) is 4.39 Å². The van der Waals surface area contributed by atoms with Crippen LogP contribution in [0.5, 0.6) is 5.75 Å². The molecule has 86 valence electrons. The minimum absolute atomic E-state index is 0.215. The molecule has 0 fully saturated rings. The van der Waals surface area contributed by atoms with Crippen molar-refractivity contribution in [1.82, 2.24) is 4.98 Å². The number of aldehydes is 1. The van der Waals surface area contributed by atoms with Gasteiger partial charge in [-0.15, -0.1) is 0 Å². The lowest BCUT2D eigenvalue weighted by atomic mass is 10.2. The molecule has 0 aliphatic heterocycles. The monoisotopic (exact) mass is 231 g/mol. The van der Waals surface area contributed by atoms with Gasteiger partial charge in [-0.05, 0) is 18.2 Å². The highest BCUT2D eigenvalue weighted by molar-refractivity contribution is 5.75. The summed E-state index contributed by atoms with van der Waals surface area (Å²) in [7, 11) is 0. The van der Waals surface area contributed by atoms with E-state index in [2.05, 4.69) is 4.98 Å². The molecule has 0 aliphatic carbocycles. The van der Waals surface area contributed by atoms with Gasteiger partial charge in [-0.3, -0.25) is 9.78 Å². The third-order valence-electron chi connectivity index (χ3n) is 2.16. The molecule has 0 unspecified atom stereocenters. The fraction of sp³-hybridized carbons (Fsp3) is 0.0769. The van der Waals surface area contributed by atoms with E-state index in [0.717, 1.165) is 12.5 Å². The van der Waals surface area contributed by atoms with Gasteiger partial charge < -0.3 is 4.74 Å². The maximum Gasteiger partial charge on any atom is 0.150 e. The first-order chi connectivity index (χ1) is 8.28. The molecule has 2 aromatic rings. The van der Waals surface area contributed by atoms with E-state index < -0.39 is 5.82 Å². The van der Waals surface area contributed by atoms with Gasteiger partial charge in [0, 0.05) is 17.3 Å². The zero-order valence-electron chi connectivity index (χ0n) is 8.97. The quantitative estimate of drug-likeness (QED) is 0.759. The Balaban J connectivity index is 2.04. The summed E-state index contributed by atoms with van der Waals surface area (Å²) < 4.78 is 18.3. The molecule has 0 saturated heterocycles. The van der Waals surface area contributed by atoms with Gasteiger partial charge in [0.25, 0.3) is 0 Å². The summed E-state index contributed by atoms with van der Waals surface area (Å²) >= 11 is 0. The number of pyridine rings is 1. The molecular formula is C13H10FNO2. The van der Waals surface area contributed by atoms with Crippen LogP contribution < -0.4 is 4.74 Å². The molecule has 1 aromatic carbocycles. The summed E-state index contributed by atoms with van der Waals surface area (Å²) in [6.07, 6.45) is 3.42. The normalized spacial score (nSPS) is 9.94. The number of halogens is 1. The standard InChI is InChI=1S/C13H10FNO2/c14-12-4-11(6-15-7-12)9-17-13-3-1-2-10(5-13)8-16/h1-8H,9H2. The van der Waals surface area contributed by atoms with Crippen LogP contribution in [-0.4, -0.2) is 11.3 Å². The molecule has 4 heteroatoms. The summed E-state index contributed by atoms with van der Waals surface area (Å²) in [6, 6.07) is 8.13. The first kappa shape index (κ1) is 11.3. The van der Waals surface area contributed by atoms with E-state index in [1.807, 2.05) is 0 Å². The zero-order chi connectivity index (χ0) is 12.1. The Morgan fingerprint density at radius 3 is 2.94 bits per heavy atom. The summed E-state index contributed by atoms with van der Waals surface area (Å²) in [4.78, 5) is 14.3. The fourth-order valence-electron chi connectivity index (χ4n) is 1.38. The Kier molecular flexibility index (Phi) is 3.45. The smallest absolute Gasteiger partial charge is 0.150 e. The predicted octanol–water partition coefficient (Wildman–Crippen LogP) is 2.61. The van der Waals surface area contributed by atoms with E-state index in [0.29, 0.717) is 16.9 Å². The van der Waals surface area contributed by atoms with E-state index in [4.69, 9.17) is 4.74 Å². The third kappa shape index (κ3) is 3.11. The highest BCUT2D eigenvalue weighted by Gasteiger charge is 1.99. The average molecular weight is 231 g/mol. The molecule has 1 heterocycles. The topological polar surface area (TPSA) is 39.2 Å². The molecule has 0 N–H and O–H groups in total. The van der Waals surface area contributed by atoms with Gasteiger partial charge in [-0.1, -0.05) is 12.1 Å². The van der Waals surface area contributed by atoms with Crippen LogP contribution in [0.4, 0.5) is 4.39 Å². The zero-order valence-corrected chi connectivity index (χ0v) is 8.97. The number of nitrogens with zero attached hydrogens (tertiary/aromatic N) is 1. The maximum absolute atomic E-state index is 12.8. The molecule has 0 spiro atoms. The van der Waals surface area contributed by atoms with Gasteiger partial charge in [0.05, 0.1) is 6.20 Å². The van der Waals surface area contributed by atoms with E-state index in [1.54, 1.807) is 24.3 Å². The number of rotatable bonds is 4. The second kappa shape index (κ2) is 5.21. The molecule has 0 atom stereocenters. The van der Waals surface area contributed by atoms with Gasteiger partial charge in [0.2, 0.25) is 0 Å². The van der Waals surface area contributed by atoms with E-state index in [1.165, 1.54) is 12.3 Å². The lowest BCUT2D eigenvalue weighted by molar-refractivity contribution is 0.112. The van der Waals surface area contributed by atoms with Crippen molar-refractivity contribution < 1.29 is 13.9 Å². The van der Waals surface area contributed by atoms with Crippen molar-refractivity contribution in [1.29, 1.82) is 0 Å². The van der Waals surface area contributed by atoms with Crippen LogP contribution in [0.15, 0.2) is 42.7 Å². The van der Waals surface area contributed by atoms with Crippen LogP contribution in [0.2, 0.25) is 0 Å². The molecule has 1 aromatic heterocycles. The van der Waals surface area contributed by atoms with Crippen molar-refractivity contribution in [3.63, 3.8) is 0 Å². The minimum Gasteiger partial charge on any atom is -0.489 e. The first-order valence-corrected chi connectivity index (χ1v) is 5.05. The summed E-state index contributed by atoms with van der Waals surface area (Å²) in [5.74, 6) is 0.173. The van der Waals surface area contributed by atoms with E-state index >= 15 is 0 Å². The first-order valence-electron chi connectivity index (χ1n) is 5.05. The Labute approximate surface area is 97.9 Å². The fourth-order valence-corrected chi connectivity index (χ4v) is 1.38. The molecule has 2 rings (SSSR count). The molecule has 0 radical (unpaired) electrons. The number of hydrogen-bond acceptors (Lipinski definition) is 3. The molecular weight excluding hydrogens is 221 g/mol. The van der Waals surface area contributed by atoms with Crippen LogP contribution in [0.25, 0.3) is 0 Å². The number of carbonyl (C=O) groups excluding carboxylic acids is 1. The van der Waals surface area contributed by atoms with Crippen LogP contribution in [-0.2, 0) is 6.61 Å². The average Bonchev–Trinajstić information content (AvgIpc) is 2.37. The third-order valence-corrected chi connectivity index (χ3v) is 2.16. The molecule has 3 nitrogen and oxygen atoms in total. The molecule has 0 saturated carbocycles. The van der Waals surface area contributed by atoms with Crippen LogP contribution in [0, 0.1) is 5.82 Å². The van der Waals surface area contributed by atoms with Crippen molar-refractivity contribution in [3.8, 4) is 5.75 Å². The lowest BCUT2D eigenvalue weighted by Gasteiger charge is -2.06. The van der Waals surface area contributed by atoms with Crippen molar-refractivity contribution in [2.75, 3.05) is 0 Å². The van der Waals surface area contributed by atoms with Crippen molar-refractivity contribution in [2.45, 2.75) is 6.61 Å². The number of carbonyl (C=O) groups is 1. The van der Waals surface area contributed by atoms with Gasteiger partial charge >= 0.3 is 0 Å². The number of benzene rings is 1. The number of aromatic nitrogens is 1. The minimum atomic E-state index is -0.396. The van der Waals surface area contributed by atoms with E-state index in [-0.39, 0.29) is 6.61 Å². The van der Waals surface area contributed by atoms with Crippen LogP contribution in [0.1, 0.15) is 15.9 Å². The molecule has 0 bridgehead atoms. The Morgan fingerprint density at radius 2 is 2.18 bits per heavy atom. The molecule has 0 amide bonds. The summed E-state index contributed by atoms with van der Waals surface area (Å²) in [5, 5.41) is 0. The largest absolute Gasteiger partial charge is 0.489 e. The Bertz CT molecular complexity index is 528. The molecule has 17 heavy (non-hydrogen) atoms. The van der Waals surface area contributed by atoms with Crippen molar-refractivity contribution >= 4 is 6.29 Å². The van der Waals surface area contributed by atoms with Crippen LogP contribution in [0.3, 0.4) is 0 Å². The lowest BCUT2D eigenvalue weighted by Crippen LogP contribution is -1.97. The number of hydrogen-bond donors (Lipinski definition) is 0. The SMILES string of the molecule is O=Cc1cccc(OCc2cncc(F)c2)c1. The highest BCUT2D eigenvalue weighted by Crippen LogP contribution is 2.14. The van der Waals surface area contributed by atoms with Crippen molar-refractivity contribution in [3.05, 3.63) is 59.7 Å². The Morgan fingerprint density at radius 1 is 1.29 bits per heavy atom. The second-order valence-electron chi connectivity index (χ2n) is 3.49. The van der Waals surface area contributed by atoms with E-state index in [9.17, 15) is 9.18 Å². The van der Waals surface area contributed by atoms with Gasteiger partial charge in [0.1, 0.15) is 24.5 Å². The van der Waals surface area contributed by atoms with Crippen molar-refractivity contribution in [2.24, 2.45) is 0 Å². The second-order valence-corrected chi connectivity index (χ2v) is 3.49. The van der Waals surface area contributed by atoms with Gasteiger partial charge in [-0.2, -0.15) is 0 Å². The highest BCUT2D eigenvalue weighted by atomic mass is 19.1. The number of ether oxygens (including phenoxy) is 1. The molecule has 0 aliphatic rings. The van der Waals surface area contributed by atoms with Crippen LogP contribution >= 0.6 is 0 Å². The summed E-state index contributed by atoms with van der Waals surface area (Å²) in [6.45, 7) is 0.215. The van der Waals surface area contributed by atoms with Gasteiger partial charge in [0.15, 0.2) is 0 Å². The maximum atomic E-state index is 12.8. The predicted molar refractivity (Wildman–Crippen MR) is 60.4 cm³/mol. The Hall–Kier alpha value is -2.23.